The third kappa shape index (κ3) is 3.90. The predicted molar refractivity (Wildman–Crippen MR) is 126 cm³/mol. The molecule has 4 heterocycles. The van der Waals surface area contributed by atoms with Crippen LogP contribution in [0, 0.1) is 5.82 Å². The Balaban J connectivity index is 1.27. The Kier molecular flexibility index (Phi) is 5.03. The molecule has 34 heavy (non-hydrogen) atoms. The molecule has 0 atom stereocenters. The van der Waals surface area contributed by atoms with Gasteiger partial charge in [0.2, 0.25) is 0 Å². The average molecular weight is 455 g/mol. The number of fused-ring (bicyclic) bond motifs is 2. The second-order valence-electron chi connectivity index (χ2n) is 8.57. The van der Waals surface area contributed by atoms with Crippen LogP contribution in [-0.2, 0) is 17.9 Å². The van der Waals surface area contributed by atoms with Crippen molar-refractivity contribution in [3.63, 3.8) is 0 Å². The van der Waals surface area contributed by atoms with Crippen LogP contribution in [0.1, 0.15) is 17.5 Å². The molecule has 2 aromatic carbocycles. The Labute approximate surface area is 194 Å². The van der Waals surface area contributed by atoms with Crippen molar-refractivity contribution in [1.82, 2.24) is 29.3 Å². The highest BCUT2D eigenvalue weighted by Crippen LogP contribution is 2.27. The largest absolute Gasteiger partial charge is 0.338 e. The van der Waals surface area contributed by atoms with E-state index in [2.05, 4.69) is 25.4 Å². The Hall–Kier alpha value is -4.11. The predicted octanol–water partition coefficient (Wildman–Crippen LogP) is 3.78. The molecule has 0 aliphatic carbocycles. The summed E-state index contributed by atoms with van der Waals surface area (Å²) >= 11 is 0. The van der Waals surface area contributed by atoms with Gasteiger partial charge in [0.1, 0.15) is 23.4 Å². The van der Waals surface area contributed by atoms with Gasteiger partial charge in [-0.1, -0.05) is 12.1 Å². The fourth-order valence-electron chi connectivity index (χ4n) is 4.54. The summed E-state index contributed by atoms with van der Waals surface area (Å²) in [7, 11) is 0. The maximum Gasteiger partial charge on any atom is 0.158 e. The number of halogens is 1. The number of hydrogen-bond acceptors (Lipinski definition) is 6. The van der Waals surface area contributed by atoms with E-state index >= 15 is 0 Å². The van der Waals surface area contributed by atoms with Crippen LogP contribution < -0.4 is 5.32 Å². The lowest BCUT2D eigenvalue weighted by Gasteiger charge is -2.14. The first kappa shape index (κ1) is 20.5. The minimum Gasteiger partial charge on any atom is -0.338 e. The van der Waals surface area contributed by atoms with Crippen molar-refractivity contribution in [1.29, 1.82) is 0 Å². The van der Waals surface area contributed by atoms with Crippen LogP contribution in [0.5, 0.6) is 0 Å². The first-order chi connectivity index (χ1) is 16.6. The van der Waals surface area contributed by atoms with E-state index in [9.17, 15) is 9.18 Å². The smallest absolute Gasteiger partial charge is 0.158 e. The number of nitrogens with one attached hydrogen (secondary N) is 1. The van der Waals surface area contributed by atoms with Crippen LogP contribution >= 0.6 is 0 Å². The van der Waals surface area contributed by atoms with Crippen molar-refractivity contribution < 1.29 is 9.18 Å². The molecule has 0 spiro atoms. The fraction of sp³-hybridized carbons (Fsp3) is 0.200. The highest BCUT2D eigenvalue weighted by molar-refractivity contribution is 5.85. The number of benzene rings is 2. The number of Topliss-reactive ketones (excluding diaryl/α,β-unsaturated/α-hetero) is 1. The summed E-state index contributed by atoms with van der Waals surface area (Å²) in [5.41, 5.74) is 4.66. The van der Waals surface area contributed by atoms with Gasteiger partial charge in [0, 0.05) is 36.8 Å². The molecule has 0 unspecified atom stereocenters. The molecule has 6 rings (SSSR count). The molecular weight excluding hydrogens is 433 g/mol. The van der Waals surface area contributed by atoms with Crippen molar-refractivity contribution >= 4 is 33.7 Å². The molecule has 8 nitrogen and oxygen atoms in total. The first-order valence-electron chi connectivity index (χ1n) is 11.1. The highest BCUT2D eigenvalue weighted by atomic mass is 19.1. The molecule has 170 valence electrons. The molecule has 0 bridgehead atoms. The van der Waals surface area contributed by atoms with Gasteiger partial charge in [-0.15, -0.1) is 0 Å². The van der Waals surface area contributed by atoms with Gasteiger partial charge in [-0.3, -0.25) is 14.4 Å². The second-order valence-corrected chi connectivity index (χ2v) is 8.57. The second kappa shape index (κ2) is 8.35. The van der Waals surface area contributed by atoms with Crippen LogP contribution in [-0.4, -0.2) is 48.2 Å². The number of anilines is 2. The number of hydrogen-bond donors (Lipinski definition) is 1. The van der Waals surface area contributed by atoms with Crippen molar-refractivity contribution in [2.75, 3.05) is 18.4 Å². The van der Waals surface area contributed by atoms with E-state index in [-0.39, 0.29) is 11.6 Å². The molecule has 1 aliphatic rings. The third-order valence-corrected chi connectivity index (χ3v) is 6.16. The molecule has 1 N–H and O–H groups in total. The van der Waals surface area contributed by atoms with E-state index in [0.717, 1.165) is 39.8 Å². The van der Waals surface area contributed by atoms with E-state index in [1.54, 1.807) is 10.6 Å². The monoisotopic (exact) mass is 455 g/mol. The van der Waals surface area contributed by atoms with E-state index < -0.39 is 0 Å². The quantitative estimate of drug-likeness (QED) is 0.420. The number of likely N-dealkylation sites (tertiary alicyclic amines) is 1. The van der Waals surface area contributed by atoms with Gasteiger partial charge in [0.25, 0.3) is 0 Å². The van der Waals surface area contributed by atoms with Gasteiger partial charge in [-0.2, -0.15) is 10.2 Å². The molecule has 5 aromatic rings. The zero-order chi connectivity index (χ0) is 23.1. The molecule has 3 aromatic heterocycles. The van der Waals surface area contributed by atoms with Crippen molar-refractivity contribution in [3.8, 4) is 0 Å². The average Bonchev–Trinajstić information content (AvgIpc) is 3.54. The van der Waals surface area contributed by atoms with Crippen LogP contribution in [0.25, 0.3) is 16.4 Å². The minimum absolute atomic E-state index is 0.252. The number of carbonyl (C=O) groups excluding carboxylic acids is 1. The Morgan fingerprint density at radius 1 is 1.06 bits per heavy atom. The maximum atomic E-state index is 13.5. The summed E-state index contributed by atoms with van der Waals surface area (Å²) in [4.78, 5) is 18.3. The summed E-state index contributed by atoms with van der Waals surface area (Å²) < 4.78 is 17.2. The lowest BCUT2D eigenvalue weighted by Crippen LogP contribution is -2.20. The van der Waals surface area contributed by atoms with Gasteiger partial charge in [0.05, 0.1) is 24.8 Å². The Bertz CT molecular complexity index is 1520. The Morgan fingerprint density at radius 2 is 2.00 bits per heavy atom. The minimum atomic E-state index is -0.252. The van der Waals surface area contributed by atoms with Gasteiger partial charge in [-0.25, -0.2) is 13.9 Å². The topological polar surface area (TPSA) is 80.3 Å². The molecular formula is C25H22FN7O. The van der Waals surface area contributed by atoms with Crippen molar-refractivity contribution in [2.45, 2.75) is 19.5 Å². The summed E-state index contributed by atoms with van der Waals surface area (Å²) in [6.45, 7) is 2.44. The molecule has 1 aliphatic heterocycles. The summed E-state index contributed by atoms with van der Waals surface area (Å²) in [6, 6.07) is 14.6. The lowest BCUT2D eigenvalue weighted by atomic mass is 10.2. The van der Waals surface area contributed by atoms with E-state index in [1.807, 2.05) is 47.4 Å². The van der Waals surface area contributed by atoms with E-state index in [0.29, 0.717) is 31.9 Å². The standard InChI is InChI=1S/C25H22FN7O/c26-20-3-1-2-17(10-20)13-33-23-5-4-21(11-19(23)12-28-33)30-25-24-18(6-9-32(24)29-16-27-25)14-31-8-7-22(34)15-31/h1-6,9-12,16H,7-8,13-15H2,(H,27,29,30). The number of nitrogens with zero attached hydrogens (tertiary/aromatic N) is 6. The summed E-state index contributed by atoms with van der Waals surface area (Å²) in [5, 5.41) is 13.2. The van der Waals surface area contributed by atoms with Gasteiger partial charge < -0.3 is 5.32 Å². The van der Waals surface area contributed by atoms with Crippen LogP contribution in [0.15, 0.2) is 67.3 Å². The van der Waals surface area contributed by atoms with Crippen LogP contribution in [0.3, 0.4) is 0 Å². The lowest BCUT2D eigenvalue weighted by molar-refractivity contribution is -0.116. The number of carbonyl (C=O) groups is 1. The SMILES string of the molecule is O=C1CCN(Cc2ccn3ncnc(Nc4ccc5c(cnn5Cc5cccc(F)c5)c4)c23)C1. The number of rotatable bonds is 6. The molecule has 1 saturated heterocycles. The fourth-order valence-corrected chi connectivity index (χ4v) is 4.54. The molecule has 1 fully saturated rings. The normalized spacial score (nSPS) is 14.4. The van der Waals surface area contributed by atoms with Crippen LogP contribution in [0.4, 0.5) is 15.9 Å². The molecule has 0 amide bonds. The number of ketones is 1. The molecule has 0 radical (unpaired) electrons. The third-order valence-electron chi connectivity index (χ3n) is 6.16. The first-order valence-corrected chi connectivity index (χ1v) is 11.1. The summed E-state index contributed by atoms with van der Waals surface area (Å²) in [5.74, 6) is 0.731. The molecule has 0 saturated carbocycles. The van der Waals surface area contributed by atoms with Gasteiger partial charge >= 0.3 is 0 Å². The van der Waals surface area contributed by atoms with E-state index in [1.165, 1.54) is 18.5 Å². The Morgan fingerprint density at radius 3 is 2.85 bits per heavy atom. The highest BCUT2D eigenvalue weighted by Gasteiger charge is 2.21. The number of aromatic nitrogens is 5. The maximum absolute atomic E-state index is 13.5. The van der Waals surface area contributed by atoms with Gasteiger partial charge in [0.15, 0.2) is 5.82 Å². The molecule has 9 heteroatoms. The summed E-state index contributed by atoms with van der Waals surface area (Å²) in [6.07, 6.45) is 5.85. The zero-order valence-corrected chi connectivity index (χ0v) is 18.4. The van der Waals surface area contributed by atoms with Gasteiger partial charge in [-0.05, 0) is 47.5 Å². The van der Waals surface area contributed by atoms with Crippen molar-refractivity contribution in [2.24, 2.45) is 0 Å². The zero-order valence-electron chi connectivity index (χ0n) is 18.4. The van der Waals surface area contributed by atoms with Crippen LogP contribution in [0.2, 0.25) is 0 Å². The van der Waals surface area contributed by atoms with E-state index in [4.69, 9.17) is 0 Å². The van der Waals surface area contributed by atoms with Crippen molar-refractivity contribution in [3.05, 3.63) is 84.2 Å².